The van der Waals surface area contributed by atoms with E-state index < -0.39 is 16.0 Å². The van der Waals surface area contributed by atoms with Crippen LogP contribution in [0.5, 0.6) is 0 Å². The van der Waals surface area contributed by atoms with Crippen LogP contribution in [-0.2, 0) is 19.6 Å². The first-order valence-corrected chi connectivity index (χ1v) is 11.3. The molecule has 0 unspecified atom stereocenters. The highest BCUT2D eigenvalue weighted by Crippen LogP contribution is 2.61. The monoisotopic (exact) mass is 406 g/mol. The Balaban J connectivity index is 1.36. The molecule has 152 valence electrons. The smallest absolute Gasteiger partial charge is 0.337 e. The van der Waals surface area contributed by atoms with Gasteiger partial charge in [-0.3, -0.25) is 10.2 Å². The quantitative estimate of drug-likeness (QED) is 0.558. The minimum atomic E-state index is -3.90. The number of ether oxygens (including phenoxy) is 1. The second kappa shape index (κ2) is 7.15. The van der Waals surface area contributed by atoms with E-state index in [0.717, 1.165) is 37.0 Å². The highest BCUT2D eigenvalue weighted by molar-refractivity contribution is 7.89. The molecule has 0 aromatic heterocycles. The Bertz CT molecular complexity index is 843. The highest BCUT2D eigenvalue weighted by Gasteiger charge is 2.51. The van der Waals surface area contributed by atoms with Crippen LogP contribution in [0.1, 0.15) is 55.3 Å². The molecular weight excluding hydrogens is 380 g/mol. The van der Waals surface area contributed by atoms with Crippen molar-refractivity contribution in [2.75, 3.05) is 7.11 Å². The molecule has 1 amide bonds. The standard InChI is InChI=1S/C20H26N2O5S/c1-27-19(24)16-2-4-17(5-3-16)28(25,26)22-21-18(23)12-20-9-13-6-14(10-20)8-15(7-13)11-20/h2-5,13-15,22H,6-12H2,1H3,(H,21,23). The fourth-order valence-corrected chi connectivity index (χ4v) is 6.82. The number of benzene rings is 1. The molecule has 1 aromatic rings. The lowest BCUT2D eigenvalue weighted by Crippen LogP contribution is -2.50. The zero-order chi connectivity index (χ0) is 19.9. The van der Waals surface area contributed by atoms with Gasteiger partial charge >= 0.3 is 5.97 Å². The summed E-state index contributed by atoms with van der Waals surface area (Å²) in [7, 11) is -2.65. The summed E-state index contributed by atoms with van der Waals surface area (Å²) in [6.07, 6.45) is 7.55. The van der Waals surface area contributed by atoms with Gasteiger partial charge in [0.2, 0.25) is 5.91 Å². The number of rotatable bonds is 6. The summed E-state index contributed by atoms with van der Waals surface area (Å²) in [5.74, 6) is 1.40. The van der Waals surface area contributed by atoms with E-state index in [4.69, 9.17) is 0 Å². The van der Waals surface area contributed by atoms with Crippen molar-refractivity contribution in [1.82, 2.24) is 10.3 Å². The van der Waals surface area contributed by atoms with Crippen LogP contribution in [0.3, 0.4) is 0 Å². The number of hydrogen-bond donors (Lipinski definition) is 2. The van der Waals surface area contributed by atoms with E-state index in [1.54, 1.807) is 0 Å². The summed E-state index contributed by atoms with van der Waals surface area (Å²) < 4.78 is 29.4. The molecule has 2 N–H and O–H groups in total. The van der Waals surface area contributed by atoms with Crippen LogP contribution in [0.2, 0.25) is 0 Å². The Kier molecular flexibility index (Phi) is 4.95. The Morgan fingerprint density at radius 2 is 1.57 bits per heavy atom. The molecule has 4 bridgehead atoms. The number of nitrogens with one attached hydrogen (secondary N) is 2. The second-order valence-electron chi connectivity index (χ2n) is 8.76. The van der Waals surface area contributed by atoms with Gasteiger partial charge in [0.15, 0.2) is 0 Å². The molecular formula is C20H26N2O5S. The number of carbonyl (C=O) groups excluding carboxylic acids is 2. The summed E-state index contributed by atoms with van der Waals surface area (Å²) in [5, 5.41) is 0. The van der Waals surface area contributed by atoms with Crippen LogP contribution in [0.4, 0.5) is 0 Å². The molecule has 7 nitrogen and oxygen atoms in total. The first-order chi connectivity index (χ1) is 13.3. The van der Waals surface area contributed by atoms with Crippen molar-refractivity contribution < 1.29 is 22.7 Å². The van der Waals surface area contributed by atoms with Gasteiger partial charge in [0.05, 0.1) is 17.6 Å². The van der Waals surface area contributed by atoms with E-state index >= 15 is 0 Å². The predicted octanol–water partition coefficient (Wildman–Crippen LogP) is 2.39. The molecule has 0 radical (unpaired) electrons. The molecule has 4 aliphatic rings. The van der Waals surface area contributed by atoms with Crippen molar-refractivity contribution in [2.45, 2.75) is 49.8 Å². The van der Waals surface area contributed by atoms with Gasteiger partial charge < -0.3 is 4.74 Å². The van der Waals surface area contributed by atoms with E-state index in [-0.39, 0.29) is 21.8 Å². The Morgan fingerprint density at radius 3 is 2.07 bits per heavy atom. The summed E-state index contributed by atoms with van der Waals surface area (Å²) in [4.78, 5) is 26.1. The van der Waals surface area contributed by atoms with Gasteiger partial charge in [-0.05, 0) is 86.0 Å². The summed E-state index contributed by atoms with van der Waals surface area (Å²) in [6, 6.07) is 5.36. The van der Waals surface area contributed by atoms with Crippen molar-refractivity contribution in [3.8, 4) is 0 Å². The van der Waals surface area contributed by atoms with Gasteiger partial charge in [0.25, 0.3) is 10.0 Å². The average molecular weight is 407 g/mol. The molecule has 0 aliphatic heterocycles. The fourth-order valence-electron chi connectivity index (χ4n) is 5.96. The van der Waals surface area contributed by atoms with E-state index in [2.05, 4.69) is 15.0 Å². The van der Waals surface area contributed by atoms with Crippen LogP contribution in [0.15, 0.2) is 29.2 Å². The SMILES string of the molecule is COC(=O)c1ccc(S(=O)(=O)NNC(=O)CC23CC4CC(CC(C4)C2)C3)cc1. The number of sulfonamides is 1. The average Bonchev–Trinajstić information content (AvgIpc) is 2.64. The topological polar surface area (TPSA) is 102 Å². The van der Waals surface area contributed by atoms with Gasteiger partial charge in [0.1, 0.15) is 0 Å². The number of hydrazine groups is 1. The number of carbonyl (C=O) groups is 2. The lowest BCUT2D eigenvalue weighted by atomic mass is 9.49. The van der Waals surface area contributed by atoms with Crippen LogP contribution >= 0.6 is 0 Å². The zero-order valence-electron chi connectivity index (χ0n) is 15.9. The van der Waals surface area contributed by atoms with Crippen molar-refractivity contribution >= 4 is 21.9 Å². The summed E-state index contributed by atoms with van der Waals surface area (Å²) >= 11 is 0. The van der Waals surface area contributed by atoms with E-state index in [1.165, 1.54) is 50.6 Å². The molecule has 0 atom stereocenters. The molecule has 5 rings (SSSR count). The first-order valence-electron chi connectivity index (χ1n) is 9.78. The Labute approximate surface area is 165 Å². The molecule has 0 heterocycles. The minimum absolute atomic E-state index is 0.0322. The number of hydrogen-bond acceptors (Lipinski definition) is 5. The molecule has 4 saturated carbocycles. The van der Waals surface area contributed by atoms with Gasteiger partial charge in [-0.25, -0.2) is 13.2 Å². The van der Waals surface area contributed by atoms with Gasteiger partial charge in [-0.1, -0.05) is 0 Å². The van der Waals surface area contributed by atoms with Crippen molar-refractivity contribution in [1.29, 1.82) is 0 Å². The number of methoxy groups -OCH3 is 1. The third-order valence-corrected chi connectivity index (χ3v) is 7.87. The number of amides is 1. The lowest BCUT2D eigenvalue weighted by molar-refractivity contribution is -0.129. The summed E-state index contributed by atoms with van der Waals surface area (Å²) in [6.45, 7) is 0. The third kappa shape index (κ3) is 3.80. The first kappa shape index (κ1) is 19.4. The van der Waals surface area contributed by atoms with Crippen molar-refractivity contribution in [3.05, 3.63) is 29.8 Å². The molecule has 0 spiro atoms. The molecule has 28 heavy (non-hydrogen) atoms. The maximum absolute atomic E-state index is 12.5. The maximum atomic E-state index is 12.5. The zero-order valence-corrected chi connectivity index (χ0v) is 16.8. The highest BCUT2D eigenvalue weighted by atomic mass is 32.2. The van der Waals surface area contributed by atoms with E-state index in [0.29, 0.717) is 6.42 Å². The predicted molar refractivity (Wildman–Crippen MR) is 101 cm³/mol. The molecule has 0 saturated heterocycles. The van der Waals surface area contributed by atoms with Crippen LogP contribution in [-0.4, -0.2) is 27.4 Å². The molecule has 1 aromatic carbocycles. The minimum Gasteiger partial charge on any atom is -0.465 e. The van der Waals surface area contributed by atoms with Crippen molar-refractivity contribution in [3.63, 3.8) is 0 Å². The van der Waals surface area contributed by atoms with Crippen LogP contribution in [0.25, 0.3) is 0 Å². The molecule has 8 heteroatoms. The molecule has 4 fully saturated rings. The van der Waals surface area contributed by atoms with E-state index in [9.17, 15) is 18.0 Å². The van der Waals surface area contributed by atoms with Gasteiger partial charge in [-0.15, -0.1) is 4.83 Å². The number of esters is 1. The fraction of sp³-hybridized carbons (Fsp3) is 0.600. The lowest BCUT2D eigenvalue weighted by Gasteiger charge is -2.56. The third-order valence-electron chi connectivity index (χ3n) is 6.61. The van der Waals surface area contributed by atoms with Crippen LogP contribution in [0, 0.1) is 23.2 Å². The van der Waals surface area contributed by atoms with Crippen LogP contribution < -0.4 is 10.3 Å². The Hall–Kier alpha value is -1.93. The van der Waals surface area contributed by atoms with E-state index in [1.807, 2.05) is 0 Å². The summed E-state index contributed by atoms with van der Waals surface area (Å²) in [5.41, 5.74) is 2.68. The Morgan fingerprint density at radius 1 is 1.04 bits per heavy atom. The molecule has 4 aliphatic carbocycles. The van der Waals surface area contributed by atoms with Gasteiger partial charge in [-0.2, -0.15) is 0 Å². The second-order valence-corrected chi connectivity index (χ2v) is 10.4. The van der Waals surface area contributed by atoms with Gasteiger partial charge in [0, 0.05) is 6.42 Å². The normalized spacial score (nSPS) is 30.8. The van der Waals surface area contributed by atoms with Crippen molar-refractivity contribution in [2.24, 2.45) is 23.2 Å². The largest absolute Gasteiger partial charge is 0.465 e. The maximum Gasteiger partial charge on any atom is 0.337 e.